The van der Waals surface area contributed by atoms with E-state index in [4.69, 9.17) is 0 Å². The van der Waals surface area contributed by atoms with Gasteiger partial charge in [-0.05, 0) is 73.0 Å². The minimum Gasteiger partial charge on any atom is -0.317 e. The number of hydrogen-bond donors (Lipinski definition) is 2. The Morgan fingerprint density at radius 2 is 1.56 bits per heavy atom. The highest BCUT2D eigenvalue weighted by atomic mass is 16.2. The van der Waals surface area contributed by atoms with Crippen LogP contribution in [0.3, 0.4) is 0 Å². The third-order valence-corrected chi connectivity index (χ3v) is 9.40. The normalized spacial score (nSPS) is 22.5. The van der Waals surface area contributed by atoms with E-state index in [1.54, 1.807) is 4.90 Å². The van der Waals surface area contributed by atoms with Gasteiger partial charge in [0.25, 0.3) is 5.91 Å². The molecule has 0 bridgehead atoms. The minimum atomic E-state index is -0.665. The molecule has 4 aliphatic heterocycles. The predicted octanol–water partition coefficient (Wildman–Crippen LogP) is 3.07. The number of imide groups is 1. The number of hydrogen-bond acceptors (Lipinski definition) is 6. The second-order valence-electron chi connectivity index (χ2n) is 11.9. The van der Waals surface area contributed by atoms with Crippen molar-refractivity contribution in [3.63, 3.8) is 0 Å². The first-order valence-electron chi connectivity index (χ1n) is 15.0. The molecule has 1 atom stereocenters. The van der Waals surface area contributed by atoms with Gasteiger partial charge in [-0.15, -0.1) is 0 Å². The van der Waals surface area contributed by atoms with Crippen LogP contribution in [0, 0.1) is 0 Å². The van der Waals surface area contributed by atoms with Gasteiger partial charge >= 0.3 is 0 Å². The molecule has 3 aromatic carbocycles. The summed E-state index contributed by atoms with van der Waals surface area (Å²) in [4.78, 5) is 44.6. The molecule has 8 heteroatoms. The van der Waals surface area contributed by atoms with Crippen LogP contribution in [0.15, 0.2) is 54.6 Å². The third kappa shape index (κ3) is 5.05. The van der Waals surface area contributed by atoms with Gasteiger partial charge in [-0.25, -0.2) is 0 Å². The summed E-state index contributed by atoms with van der Waals surface area (Å²) >= 11 is 0. The minimum absolute atomic E-state index is 0.168. The van der Waals surface area contributed by atoms with Crippen molar-refractivity contribution in [1.82, 2.24) is 20.4 Å². The van der Waals surface area contributed by atoms with E-state index in [0.717, 1.165) is 80.3 Å². The Morgan fingerprint density at radius 3 is 2.32 bits per heavy atom. The van der Waals surface area contributed by atoms with Gasteiger partial charge in [0.1, 0.15) is 6.04 Å². The van der Waals surface area contributed by atoms with Crippen LogP contribution in [0.2, 0.25) is 0 Å². The summed E-state index contributed by atoms with van der Waals surface area (Å²) in [5.74, 6) is -0.848. The first kappa shape index (κ1) is 26.3. The summed E-state index contributed by atoms with van der Waals surface area (Å²) in [7, 11) is 0. The molecule has 3 saturated heterocycles. The molecule has 0 spiro atoms. The molecule has 212 valence electrons. The summed E-state index contributed by atoms with van der Waals surface area (Å²) < 4.78 is 0. The van der Waals surface area contributed by atoms with Crippen molar-refractivity contribution >= 4 is 34.2 Å². The molecule has 3 amide bonds. The second kappa shape index (κ2) is 11.0. The van der Waals surface area contributed by atoms with Gasteiger partial charge in [-0.3, -0.25) is 34.4 Å². The van der Waals surface area contributed by atoms with Crippen molar-refractivity contribution in [2.75, 3.05) is 44.2 Å². The molecular formula is C33H37N5O3. The van der Waals surface area contributed by atoms with Crippen molar-refractivity contribution in [2.45, 2.75) is 50.7 Å². The van der Waals surface area contributed by atoms with Gasteiger partial charge in [0.2, 0.25) is 11.8 Å². The second-order valence-corrected chi connectivity index (χ2v) is 11.9. The lowest BCUT2D eigenvalue weighted by atomic mass is 9.95. The number of carbonyl (C=O) groups is 3. The van der Waals surface area contributed by atoms with Gasteiger partial charge < -0.3 is 5.32 Å². The van der Waals surface area contributed by atoms with E-state index in [9.17, 15) is 14.4 Å². The van der Waals surface area contributed by atoms with Crippen molar-refractivity contribution in [3.8, 4) is 0 Å². The summed E-state index contributed by atoms with van der Waals surface area (Å²) in [5.41, 5.74) is 5.12. The average Bonchev–Trinajstić information content (AvgIpc) is 3.28. The molecule has 4 aliphatic rings. The zero-order valence-corrected chi connectivity index (χ0v) is 23.4. The fourth-order valence-corrected chi connectivity index (χ4v) is 7.16. The fourth-order valence-electron chi connectivity index (χ4n) is 7.16. The Hall–Kier alpha value is -3.59. The van der Waals surface area contributed by atoms with Gasteiger partial charge in [-0.2, -0.15) is 0 Å². The molecular weight excluding hydrogens is 514 g/mol. The first-order chi connectivity index (χ1) is 20.0. The number of rotatable bonds is 6. The van der Waals surface area contributed by atoms with Crippen molar-refractivity contribution in [2.24, 2.45) is 0 Å². The maximum Gasteiger partial charge on any atom is 0.259 e. The highest BCUT2D eigenvalue weighted by Gasteiger charge is 2.40. The molecule has 0 aliphatic carbocycles. The van der Waals surface area contributed by atoms with Crippen LogP contribution < -0.4 is 15.5 Å². The number of piperazine rings is 1. The molecule has 0 saturated carbocycles. The number of benzene rings is 3. The van der Waals surface area contributed by atoms with E-state index < -0.39 is 11.9 Å². The number of carbonyl (C=O) groups excluding carboxylic acids is 3. The van der Waals surface area contributed by atoms with E-state index in [-0.39, 0.29) is 18.2 Å². The van der Waals surface area contributed by atoms with E-state index in [1.807, 2.05) is 18.2 Å². The maximum absolute atomic E-state index is 13.4. The standard InChI is InChI=1S/C33H37N5O3/c39-30-11-10-29(32(40)35-30)38-28-9-8-24(26-2-1-3-27(31(26)28)33(38)41)20-22-4-6-23(7-5-22)21-36-16-18-37(19-17-36)25-12-14-34-15-13-25/h1-9,25,29,34H,10-21H2,(H,35,39,40). The summed E-state index contributed by atoms with van der Waals surface area (Å²) in [5, 5.41) is 7.81. The highest BCUT2D eigenvalue weighted by molar-refractivity contribution is 6.27. The topological polar surface area (TPSA) is 85.0 Å². The SMILES string of the molecule is O=C1CCC(N2C(=O)c3cccc4c(Cc5ccc(CN6CCN(C7CCNCC7)CC6)cc5)ccc2c34)C(=O)N1. The quantitative estimate of drug-likeness (QED) is 0.458. The number of amides is 3. The van der Waals surface area contributed by atoms with Crippen LogP contribution in [-0.2, 0) is 22.6 Å². The largest absolute Gasteiger partial charge is 0.317 e. The zero-order valence-electron chi connectivity index (χ0n) is 23.4. The first-order valence-corrected chi connectivity index (χ1v) is 15.0. The third-order valence-electron chi connectivity index (χ3n) is 9.40. The molecule has 0 aromatic heterocycles. The molecule has 2 N–H and O–H groups in total. The van der Waals surface area contributed by atoms with E-state index in [1.165, 1.54) is 24.0 Å². The number of anilines is 1. The Morgan fingerprint density at radius 1 is 0.805 bits per heavy atom. The smallest absolute Gasteiger partial charge is 0.259 e. The molecule has 0 radical (unpaired) electrons. The number of nitrogens with one attached hydrogen (secondary N) is 2. The molecule has 1 unspecified atom stereocenters. The van der Waals surface area contributed by atoms with Crippen LogP contribution in [0.4, 0.5) is 5.69 Å². The zero-order chi connectivity index (χ0) is 27.9. The van der Waals surface area contributed by atoms with Crippen LogP contribution in [0.5, 0.6) is 0 Å². The van der Waals surface area contributed by atoms with Gasteiger partial charge in [0.15, 0.2) is 0 Å². The highest BCUT2D eigenvalue weighted by Crippen LogP contribution is 2.41. The lowest BCUT2D eigenvalue weighted by molar-refractivity contribution is -0.134. The van der Waals surface area contributed by atoms with Crippen molar-refractivity contribution < 1.29 is 14.4 Å². The van der Waals surface area contributed by atoms with Gasteiger partial charge in [0, 0.05) is 56.1 Å². The van der Waals surface area contributed by atoms with Gasteiger partial charge in [0.05, 0.1) is 5.69 Å². The van der Waals surface area contributed by atoms with Crippen molar-refractivity contribution in [1.29, 1.82) is 0 Å². The average molecular weight is 552 g/mol. The predicted molar refractivity (Wildman–Crippen MR) is 159 cm³/mol. The fraction of sp³-hybridized carbons (Fsp3) is 0.424. The Bertz CT molecular complexity index is 1490. The maximum atomic E-state index is 13.4. The monoisotopic (exact) mass is 551 g/mol. The van der Waals surface area contributed by atoms with Crippen LogP contribution >= 0.6 is 0 Å². The Labute approximate surface area is 240 Å². The van der Waals surface area contributed by atoms with E-state index in [2.05, 4.69) is 56.8 Å². The van der Waals surface area contributed by atoms with Crippen LogP contribution in [-0.4, -0.2) is 78.9 Å². The molecule has 3 aromatic rings. The van der Waals surface area contributed by atoms with E-state index >= 15 is 0 Å². The Balaban J connectivity index is 1.04. The summed E-state index contributed by atoms with van der Waals surface area (Å²) in [6, 6.07) is 18.9. The van der Waals surface area contributed by atoms with Crippen molar-refractivity contribution in [3.05, 3.63) is 76.9 Å². The molecule has 41 heavy (non-hydrogen) atoms. The van der Waals surface area contributed by atoms with Crippen LogP contribution in [0.25, 0.3) is 10.8 Å². The number of piperidine rings is 2. The van der Waals surface area contributed by atoms with E-state index in [0.29, 0.717) is 12.0 Å². The lowest BCUT2D eigenvalue weighted by Crippen LogP contribution is -2.53. The molecule has 3 fully saturated rings. The lowest BCUT2D eigenvalue weighted by Gasteiger charge is -2.40. The number of nitrogens with zero attached hydrogens (tertiary/aromatic N) is 3. The molecule has 4 heterocycles. The summed E-state index contributed by atoms with van der Waals surface area (Å²) in [6.45, 7) is 7.87. The van der Waals surface area contributed by atoms with Gasteiger partial charge in [-0.1, -0.05) is 42.5 Å². The molecule has 7 rings (SSSR count). The molecule has 8 nitrogen and oxygen atoms in total. The van der Waals surface area contributed by atoms with Crippen LogP contribution in [0.1, 0.15) is 52.7 Å². The Kier molecular flexibility index (Phi) is 7.06. The summed E-state index contributed by atoms with van der Waals surface area (Å²) in [6.07, 6.45) is 3.89.